The highest BCUT2D eigenvalue weighted by Gasteiger charge is 2.86. The summed E-state index contributed by atoms with van der Waals surface area (Å²) in [5.41, 5.74) is -1.57. The van der Waals surface area contributed by atoms with Crippen molar-refractivity contribution in [3.05, 3.63) is 10.1 Å². The molecule has 1 saturated heterocycles. The second-order valence-corrected chi connectivity index (χ2v) is 8.65. The van der Waals surface area contributed by atoms with Crippen molar-refractivity contribution in [1.82, 2.24) is 0 Å². The fraction of sp³-hybridized carbons (Fsp3) is 0.778. The minimum atomic E-state index is -1.61. The molecule has 9 heteroatoms. The number of alkyl halides is 6. The van der Waals surface area contributed by atoms with Gasteiger partial charge in [0.25, 0.3) is 0 Å². The summed E-state index contributed by atoms with van der Waals surface area (Å²) in [5.74, 6) is -1.04. The largest absolute Gasteiger partial charge is 0.343 e. The minimum absolute atomic E-state index is 0.104. The van der Waals surface area contributed by atoms with E-state index in [0.29, 0.717) is 0 Å². The first-order valence-corrected chi connectivity index (χ1v) is 8.01. The zero-order valence-corrected chi connectivity index (χ0v) is 14.3. The predicted molar refractivity (Wildman–Crippen MR) is 77.7 cm³/mol. The van der Waals surface area contributed by atoms with Gasteiger partial charge in [0, 0.05) is 11.8 Å². The van der Waals surface area contributed by atoms with Gasteiger partial charge in [-0.1, -0.05) is 69.6 Å². The summed E-state index contributed by atoms with van der Waals surface area (Å²) in [6, 6.07) is 0. The van der Waals surface area contributed by atoms with Crippen LogP contribution in [0.1, 0.15) is 0 Å². The van der Waals surface area contributed by atoms with Gasteiger partial charge in [0.1, 0.15) is 20.9 Å². The Balaban J connectivity index is 2.30. The zero-order chi connectivity index (χ0) is 13.7. The average molecular weight is 412 g/mol. The topological polar surface area (TPSA) is 9.23 Å². The molecule has 2 fully saturated rings. The fourth-order valence-corrected chi connectivity index (χ4v) is 7.18. The lowest BCUT2D eigenvalue weighted by Gasteiger charge is -2.34. The van der Waals surface area contributed by atoms with Crippen molar-refractivity contribution >= 4 is 92.8 Å². The van der Waals surface area contributed by atoms with Crippen molar-refractivity contribution in [3.63, 3.8) is 0 Å². The van der Waals surface area contributed by atoms with Crippen LogP contribution < -0.4 is 0 Å². The molecule has 0 unspecified atom stereocenters. The van der Waals surface area contributed by atoms with E-state index in [1.807, 2.05) is 0 Å². The lowest BCUT2D eigenvalue weighted by molar-refractivity contribution is 0.112. The van der Waals surface area contributed by atoms with Crippen LogP contribution in [0.4, 0.5) is 0 Å². The molecule has 0 aromatic heterocycles. The van der Waals surface area contributed by atoms with Gasteiger partial charge in [-0.25, -0.2) is 0 Å². The quantitative estimate of drug-likeness (QED) is 0.496. The van der Waals surface area contributed by atoms with Gasteiger partial charge in [0.2, 0.25) is 0 Å². The highest BCUT2D eigenvalue weighted by molar-refractivity contribution is 6.66. The monoisotopic (exact) mass is 408 g/mol. The van der Waals surface area contributed by atoms with Crippen LogP contribution in [0.3, 0.4) is 0 Å². The Morgan fingerprint density at radius 3 is 1.44 bits per heavy atom. The summed E-state index contributed by atoms with van der Waals surface area (Å²) in [7, 11) is 0. The standard InChI is InChI=1S/C9H4Cl8O/c10-3-4(11)8(15)2-1(5(12)18-6(2)13)7(3,14)9(8,16)17/h1-2,5-6H/t1-,2+,5-,6-,7+,8+/m1/s1. The van der Waals surface area contributed by atoms with Gasteiger partial charge in [0.15, 0.2) is 4.33 Å². The molecular weight excluding hydrogens is 408 g/mol. The summed E-state index contributed by atoms with van der Waals surface area (Å²) in [6.45, 7) is 0. The van der Waals surface area contributed by atoms with E-state index in [0.717, 1.165) is 0 Å². The Bertz CT molecular complexity index is 425. The van der Waals surface area contributed by atoms with E-state index in [1.54, 1.807) is 0 Å². The molecule has 102 valence electrons. The molecule has 1 nitrogen and oxygen atoms in total. The lowest BCUT2D eigenvalue weighted by Crippen LogP contribution is -2.47. The van der Waals surface area contributed by atoms with Crippen molar-refractivity contribution < 1.29 is 4.74 Å². The summed E-state index contributed by atoms with van der Waals surface area (Å²) in [5, 5.41) is 0.208. The number of fused-ring (bicyclic) bond motifs is 5. The van der Waals surface area contributed by atoms with E-state index in [9.17, 15) is 0 Å². The Labute approximate surface area is 143 Å². The number of halogens is 8. The van der Waals surface area contributed by atoms with Crippen molar-refractivity contribution in [3.8, 4) is 0 Å². The van der Waals surface area contributed by atoms with Crippen LogP contribution in [-0.2, 0) is 4.74 Å². The maximum absolute atomic E-state index is 6.54. The second-order valence-electron chi connectivity index (χ2n) is 4.52. The molecule has 1 saturated carbocycles. The molecule has 0 radical (unpaired) electrons. The maximum Gasteiger partial charge on any atom is 0.167 e. The van der Waals surface area contributed by atoms with E-state index in [2.05, 4.69) is 0 Å². The van der Waals surface area contributed by atoms with Crippen molar-refractivity contribution in [2.45, 2.75) is 25.2 Å². The van der Waals surface area contributed by atoms with Crippen LogP contribution in [0.15, 0.2) is 10.1 Å². The highest BCUT2D eigenvalue weighted by Crippen LogP contribution is 2.79. The molecule has 18 heavy (non-hydrogen) atoms. The Hall–Kier alpha value is 2.02. The number of hydrogen-bond donors (Lipinski definition) is 0. The first-order chi connectivity index (χ1) is 8.11. The average Bonchev–Trinajstić information content (AvgIpc) is 2.68. The SMILES string of the molecule is ClC1=C(Cl)[C@@]2(Cl)[C@H]3[C@H]([C@H](Cl)O[C@H]3Cl)[C@@]1(Cl)C2(Cl)Cl. The minimum Gasteiger partial charge on any atom is -0.343 e. The second kappa shape index (κ2) is 4.06. The van der Waals surface area contributed by atoms with E-state index in [-0.39, 0.29) is 10.1 Å². The molecule has 0 aromatic rings. The zero-order valence-electron chi connectivity index (χ0n) is 8.24. The number of rotatable bonds is 0. The molecule has 2 bridgehead atoms. The van der Waals surface area contributed by atoms with Crippen LogP contribution in [0, 0.1) is 11.8 Å². The van der Waals surface area contributed by atoms with Gasteiger partial charge in [-0.05, 0) is 0 Å². The van der Waals surface area contributed by atoms with Gasteiger partial charge in [-0.15, -0.1) is 23.2 Å². The molecule has 2 aliphatic carbocycles. The fourth-order valence-electron chi connectivity index (χ4n) is 3.05. The smallest absolute Gasteiger partial charge is 0.167 e. The Kier molecular flexibility index (Phi) is 3.37. The first kappa shape index (κ1) is 14.9. The molecule has 3 aliphatic rings. The van der Waals surface area contributed by atoms with E-state index in [4.69, 9.17) is 97.5 Å². The summed E-state index contributed by atoms with van der Waals surface area (Å²) in [4.78, 5) is -2.81. The number of ether oxygens (including phenoxy) is 1. The van der Waals surface area contributed by atoms with Crippen molar-refractivity contribution in [1.29, 1.82) is 0 Å². The number of allylic oxidation sites excluding steroid dienone is 2. The van der Waals surface area contributed by atoms with Crippen LogP contribution in [-0.4, -0.2) is 25.2 Å². The van der Waals surface area contributed by atoms with Crippen LogP contribution >= 0.6 is 92.8 Å². The normalized spacial score (nSPS) is 57.3. The van der Waals surface area contributed by atoms with Gasteiger partial charge >= 0.3 is 0 Å². The molecule has 1 aliphatic heterocycles. The van der Waals surface area contributed by atoms with Crippen molar-refractivity contribution in [2.75, 3.05) is 0 Å². The van der Waals surface area contributed by atoms with Gasteiger partial charge in [-0.3, -0.25) is 0 Å². The molecule has 1 heterocycles. The van der Waals surface area contributed by atoms with E-state index in [1.165, 1.54) is 0 Å². The molecule has 6 atom stereocenters. The Morgan fingerprint density at radius 1 is 0.778 bits per heavy atom. The molecule has 0 spiro atoms. The van der Waals surface area contributed by atoms with Crippen LogP contribution in [0.25, 0.3) is 0 Å². The first-order valence-electron chi connectivity index (χ1n) is 4.87. The summed E-state index contributed by atoms with van der Waals surface area (Å²) >= 11 is 50.3. The summed E-state index contributed by atoms with van der Waals surface area (Å²) in [6.07, 6.45) is 0. The third-order valence-electron chi connectivity index (χ3n) is 3.88. The van der Waals surface area contributed by atoms with Gasteiger partial charge in [0.05, 0.1) is 10.1 Å². The predicted octanol–water partition coefficient (Wildman–Crippen LogP) is 5.22. The summed E-state index contributed by atoms with van der Waals surface area (Å²) < 4.78 is 3.72. The number of hydrogen-bond acceptors (Lipinski definition) is 1. The van der Waals surface area contributed by atoms with Crippen LogP contribution in [0.5, 0.6) is 0 Å². The third kappa shape index (κ3) is 1.27. The Morgan fingerprint density at radius 2 is 1.11 bits per heavy atom. The van der Waals surface area contributed by atoms with E-state index >= 15 is 0 Å². The van der Waals surface area contributed by atoms with Crippen LogP contribution in [0.2, 0.25) is 0 Å². The van der Waals surface area contributed by atoms with E-state index < -0.39 is 37.0 Å². The maximum atomic E-state index is 6.54. The van der Waals surface area contributed by atoms with Gasteiger partial charge < -0.3 is 4.74 Å². The molecule has 3 rings (SSSR count). The molecular formula is C9H4Cl8O. The van der Waals surface area contributed by atoms with Crippen molar-refractivity contribution in [2.24, 2.45) is 11.8 Å². The molecule has 0 aromatic carbocycles. The van der Waals surface area contributed by atoms with Gasteiger partial charge in [-0.2, -0.15) is 0 Å². The third-order valence-corrected chi connectivity index (χ3v) is 8.92. The lowest BCUT2D eigenvalue weighted by atomic mass is 9.84. The highest BCUT2D eigenvalue weighted by atomic mass is 35.5. The molecule has 0 amide bonds. The molecule has 0 N–H and O–H groups in total.